The quantitative estimate of drug-likeness (QED) is 0.674. The molecule has 2 nitrogen and oxygen atoms in total. The van der Waals surface area contributed by atoms with E-state index in [2.05, 4.69) is 0 Å². The molecule has 2 aromatic carbocycles. The zero-order chi connectivity index (χ0) is 14.1. The van der Waals surface area contributed by atoms with E-state index in [-0.39, 0.29) is 0 Å². The molecule has 0 bridgehead atoms. The highest BCUT2D eigenvalue weighted by Crippen LogP contribution is 2.36. The van der Waals surface area contributed by atoms with Crippen molar-refractivity contribution in [2.45, 2.75) is 0 Å². The van der Waals surface area contributed by atoms with Gasteiger partial charge in [0.05, 0.1) is 0 Å². The lowest BCUT2D eigenvalue weighted by Gasteiger charge is -2.11. The first-order valence-electron chi connectivity index (χ1n) is 6.18. The van der Waals surface area contributed by atoms with Gasteiger partial charge < -0.3 is 5.11 Å². The molecule has 1 aliphatic rings. The van der Waals surface area contributed by atoms with Gasteiger partial charge in [0.2, 0.25) is 0 Å². The molecule has 0 aromatic heterocycles. The Kier molecular flexibility index (Phi) is 3.17. The fourth-order valence-corrected chi connectivity index (χ4v) is 2.66. The maximum Gasteiger partial charge on any atom is 0.328 e. The highest BCUT2D eigenvalue weighted by atomic mass is 35.5. The van der Waals surface area contributed by atoms with Crippen LogP contribution in [0.15, 0.2) is 48.5 Å². The number of fused-ring (bicyclic) bond motifs is 2. The summed E-state index contributed by atoms with van der Waals surface area (Å²) in [6.45, 7) is 0. The zero-order valence-electron chi connectivity index (χ0n) is 10.5. The molecule has 0 aliphatic heterocycles. The molecule has 0 saturated carbocycles. The molecule has 1 aliphatic carbocycles. The van der Waals surface area contributed by atoms with Gasteiger partial charge >= 0.3 is 5.97 Å². The molecule has 0 spiro atoms. The van der Waals surface area contributed by atoms with Gasteiger partial charge in [-0.2, -0.15) is 0 Å². The first-order valence-corrected chi connectivity index (χ1v) is 6.55. The van der Waals surface area contributed by atoms with E-state index >= 15 is 0 Å². The smallest absolute Gasteiger partial charge is 0.328 e. The third-order valence-electron chi connectivity index (χ3n) is 3.29. The fraction of sp³-hybridized carbons (Fsp3) is 0. The molecule has 0 unspecified atom stereocenters. The average molecular weight is 283 g/mol. The molecule has 0 saturated heterocycles. The van der Waals surface area contributed by atoms with Crippen LogP contribution in [0.2, 0.25) is 5.02 Å². The van der Waals surface area contributed by atoms with Crippen LogP contribution in [0.25, 0.3) is 17.7 Å². The summed E-state index contributed by atoms with van der Waals surface area (Å²) in [4.78, 5) is 11.2. The minimum Gasteiger partial charge on any atom is -0.478 e. The molecule has 0 radical (unpaired) electrons. The summed E-state index contributed by atoms with van der Waals surface area (Å²) in [7, 11) is 0. The highest BCUT2D eigenvalue weighted by molar-refractivity contribution is 6.32. The van der Waals surface area contributed by atoms with Crippen molar-refractivity contribution in [1.82, 2.24) is 0 Å². The maximum atomic E-state index is 11.2. The lowest BCUT2D eigenvalue weighted by Crippen LogP contribution is -1.97. The van der Waals surface area contributed by atoms with E-state index in [1.165, 1.54) is 6.08 Å². The molecule has 3 heteroatoms. The number of carboxylic acids is 1. The van der Waals surface area contributed by atoms with Crippen molar-refractivity contribution in [2.75, 3.05) is 0 Å². The number of carbonyl (C=O) groups is 1. The maximum absolute atomic E-state index is 11.2. The van der Waals surface area contributed by atoms with Gasteiger partial charge in [0.15, 0.2) is 0 Å². The summed E-state index contributed by atoms with van der Waals surface area (Å²) in [6.07, 6.45) is 5.13. The third kappa shape index (κ3) is 2.15. The van der Waals surface area contributed by atoms with Crippen molar-refractivity contribution in [3.63, 3.8) is 0 Å². The molecule has 0 atom stereocenters. The molecular weight excluding hydrogens is 272 g/mol. The van der Waals surface area contributed by atoms with Crippen LogP contribution in [-0.4, -0.2) is 11.1 Å². The SMILES string of the molecule is O=C(O)C=C1c2ccccc2C=Cc2c(Cl)cccc21. The number of hydrogen-bond donors (Lipinski definition) is 1. The van der Waals surface area contributed by atoms with Gasteiger partial charge in [-0.05, 0) is 28.3 Å². The summed E-state index contributed by atoms with van der Waals surface area (Å²) in [5.74, 6) is -0.970. The van der Waals surface area contributed by atoms with Crippen molar-refractivity contribution >= 4 is 35.3 Å². The predicted molar refractivity (Wildman–Crippen MR) is 81.5 cm³/mol. The van der Waals surface area contributed by atoms with E-state index in [0.29, 0.717) is 10.6 Å². The van der Waals surface area contributed by atoms with E-state index in [1.807, 2.05) is 48.6 Å². The van der Waals surface area contributed by atoms with Crippen molar-refractivity contribution in [3.8, 4) is 0 Å². The van der Waals surface area contributed by atoms with E-state index < -0.39 is 5.97 Å². The number of rotatable bonds is 1. The van der Waals surface area contributed by atoms with Crippen molar-refractivity contribution in [1.29, 1.82) is 0 Å². The molecule has 98 valence electrons. The summed E-state index contributed by atoms with van der Waals surface area (Å²) >= 11 is 6.23. The number of benzene rings is 2. The van der Waals surface area contributed by atoms with Gasteiger partial charge in [-0.15, -0.1) is 0 Å². The van der Waals surface area contributed by atoms with Crippen LogP contribution < -0.4 is 0 Å². The minimum atomic E-state index is -0.970. The van der Waals surface area contributed by atoms with Gasteiger partial charge in [0.25, 0.3) is 0 Å². The fourth-order valence-electron chi connectivity index (χ4n) is 2.43. The lowest BCUT2D eigenvalue weighted by atomic mass is 9.93. The normalized spacial score (nSPS) is 14.6. The molecule has 1 N–H and O–H groups in total. The second-order valence-electron chi connectivity index (χ2n) is 4.52. The Labute approximate surface area is 121 Å². The van der Waals surface area contributed by atoms with E-state index in [0.717, 1.165) is 22.3 Å². The molecule has 0 fully saturated rings. The van der Waals surface area contributed by atoms with Crippen molar-refractivity contribution in [2.24, 2.45) is 0 Å². The van der Waals surface area contributed by atoms with Gasteiger partial charge in [0.1, 0.15) is 0 Å². The second kappa shape index (κ2) is 4.99. The van der Waals surface area contributed by atoms with Crippen LogP contribution in [0, 0.1) is 0 Å². The van der Waals surface area contributed by atoms with Gasteiger partial charge in [-0.1, -0.05) is 60.2 Å². The monoisotopic (exact) mass is 282 g/mol. The van der Waals surface area contributed by atoms with Crippen LogP contribution in [0.4, 0.5) is 0 Å². The van der Waals surface area contributed by atoms with E-state index in [4.69, 9.17) is 16.7 Å². The largest absolute Gasteiger partial charge is 0.478 e. The first kappa shape index (κ1) is 12.7. The van der Waals surface area contributed by atoms with Crippen LogP contribution in [-0.2, 0) is 4.79 Å². The average Bonchev–Trinajstić information content (AvgIpc) is 2.58. The number of halogens is 1. The Balaban J connectivity index is 2.37. The summed E-state index contributed by atoms with van der Waals surface area (Å²) in [5.41, 5.74) is 4.23. The zero-order valence-corrected chi connectivity index (χ0v) is 11.3. The van der Waals surface area contributed by atoms with Gasteiger partial charge in [0, 0.05) is 16.7 Å². The Bertz CT molecular complexity index is 757. The molecule has 0 heterocycles. The van der Waals surface area contributed by atoms with Crippen LogP contribution >= 0.6 is 11.6 Å². The molecule has 0 amide bonds. The van der Waals surface area contributed by atoms with Crippen LogP contribution in [0.3, 0.4) is 0 Å². The van der Waals surface area contributed by atoms with Crippen molar-refractivity contribution in [3.05, 3.63) is 75.8 Å². The predicted octanol–water partition coefficient (Wildman–Crippen LogP) is 4.34. The Morgan fingerprint density at radius 3 is 2.55 bits per heavy atom. The molecule has 3 rings (SSSR count). The molecule has 20 heavy (non-hydrogen) atoms. The summed E-state index contributed by atoms with van der Waals surface area (Å²) in [5, 5.41) is 9.76. The van der Waals surface area contributed by atoms with E-state index in [9.17, 15) is 4.79 Å². The minimum absolute atomic E-state index is 0.614. The molecular formula is C17H11ClO2. The highest BCUT2D eigenvalue weighted by Gasteiger charge is 2.17. The summed E-state index contributed by atoms with van der Waals surface area (Å²) in [6, 6.07) is 13.2. The van der Waals surface area contributed by atoms with E-state index in [1.54, 1.807) is 6.07 Å². The van der Waals surface area contributed by atoms with Crippen LogP contribution in [0.1, 0.15) is 22.3 Å². The number of aliphatic carboxylic acids is 1. The standard InChI is InChI=1S/C17H11ClO2/c18-16-7-3-6-13-14(16)9-8-11-4-1-2-5-12(11)15(13)10-17(19)20/h1-10H,(H,19,20). The van der Waals surface area contributed by atoms with Crippen LogP contribution in [0.5, 0.6) is 0 Å². The Morgan fingerprint density at radius 1 is 1.00 bits per heavy atom. The Morgan fingerprint density at radius 2 is 1.75 bits per heavy atom. The second-order valence-corrected chi connectivity index (χ2v) is 4.93. The van der Waals surface area contributed by atoms with Gasteiger partial charge in [-0.25, -0.2) is 4.79 Å². The summed E-state index contributed by atoms with van der Waals surface area (Å²) < 4.78 is 0. The molecule has 2 aromatic rings. The van der Waals surface area contributed by atoms with Gasteiger partial charge in [-0.3, -0.25) is 0 Å². The first-order chi connectivity index (χ1) is 9.66. The topological polar surface area (TPSA) is 37.3 Å². The number of carboxylic acid groups (broad SMARTS) is 1. The van der Waals surface area contributed by atoms with Crippen molar-refractivity contribution < 1.29 is 9.90 Å². The number of hydrogen-bond acceptors (Lipinski definition) is 1. The lowest BCUT2D eigenvalue weighted by molar-refractivity contribution is -0.131. The third-order valence-corrected chi connectivity index (χ3v) is 3.62. The Hall–Kier alpha value is -2.32.